The van der Waals surface area contributed by atoms with Gasteiger partial charge in [0.05, 0.1) is 4.92 Å². The summed E-state index contributed by atoms with van der Waals surface area (Å²) in [5.41, 5.74) is 0.716. The van der Waals surface area contributed by atoms with Crippen LogP contribution in [0.5, 0.6) is 0 Å². The summed E-state index contributed by atoms with van der Waals surface area (Å²) in [6.07, 6.45) is 7.98. The van der Waals surface area contributed by atoms with Crippen molar-refractivity contribution < 1.29 is 9.72 Å². The summed E-state index contributed by atoms with van der Waals surface area (Å²) in [4.78, 5) is 21.7. The van der Waals surface area contributed by atoms with Crippen molar-refractivity contribution in [3.8, 4) is 0 Å². The molecule has 1 aromatic rings. The highest BCUT2D eigenvalue weighted by molar-refractivity contribution is 5.93. The molecule has 0 saturated carbocycles. The molecule has 0 fully saturated rings. The second-order valence-corrected chi connectivity index (χ2v) is 4.46. The molecule has 0 N–H and O–H groups in total. The van der Waals surface area contributed by atoms with Gasteiger partial charge in [0.25, 0.3) is 5.69 Å². The topological polar surface area (TPSA) is 60.2 Å². The van der Waals surface area contributed by atoms with Crippen LogP contribution in [0.15, 0.2) is 30.3 Å². The molecule has 0 aromatic heterocycles. The molecule has 0 heterocycles. The van der Waals surface area contributed by atoms with Crippen molar-refractivity contribution in [3.05, 3.63) is 46.0 Å². The van der Waals surface area contributed by atoms with E-state index in [2.05, 4.69) is 6.92 Å². The molecular formula is C15H19NO3. The van der Waals surface area contributed by atoms with Crippen LogP contribution in [-0.4, -0.2) is 10.7 Å². The molecular weight excluding hydrogens is 242 g/mol. The van der Waals surface area contributed by atoms with Crippen LogP contribution in [0.4, 0.5) is 5.69 Å². The summed E-state index contributed by atoms with van der Waals surface area (Å²) in [5, 5.41) is 10.6. The van der Waals surface area contributed by atoms with Gasteiger partial charge in [-0.15, -0.1) is 0 Å². The fourth-order valence-corrected chi connectivity index (χ4v) is 1.74. The van der Waals surface area contributed by atoms with Crippen molar-refractivity contribution in [3.63, 3.8) is 0 Å². The number of nitro benzene ring substituents is 1. The number of non-ortho nitro benzene ring substituents is 1. The molecule has 0 saturated heterocycles. The lowest BCUT2D eigenvalue weighted by Crippen LogP contribution is -1.92. The van der Waals surface area contributed by atoms with Crippen LogP contribution in [-0.2, 0) is 4.79 Å². The molecule has 1 aromatic carbocycles. The molecule has 0 unspecified atom stereocenters. The summed E-state index contributed by atoms with van der Waals surface area (Å²) in [7, 11) is 0. The molecule has 4 nitrogen and oxygen atoms in total. The molecule has 0 aliphatic carbocycles. The molecule has 4 heteroatoms. The Labute approximate surface area is 113 Å². The van der Waals surface area contributed by atoms with Gasteiger partial charge in [-0.25, -0.2) is 0 Å². The average molecular weight is 261 g/mol. The molecule has 19 heavy (non-hydrogen) atoms. The number of hydrogen-bond acceptors (Lipinski definition) is 3. The molecule has 0 bridgehead atoms. The molecule has 102 valence electrons. The Kier molecular flexibility index (Phi) is 6.50. The zero-order chi connectivity index (χ0) is 14.1. The Hall–Kier alpha value is -1.97. The normalized spacial score (nSPS) is 10.8. The second-order valence-electron chi connectivity index (χ2n) is 4.46. The number of nitrogens with zero attached hydrogens (tertiary/aromatic N) is 1. The smallest absolute Gasteiger partial charge is 0.270 e. The first kappa shape index (κ1) is 15.1. The van der Waals surface area contributed by atoms with E-state index in [1.54, 1.807) is 18.2 Å². The van der Waals surface area contributed by atoms with Gasteiger partial charge >= 0.3 is 0 Å². The number of carbonyl (C=O) groups excluding carboxylic acids is 1. The van der Waals surface area contributed by atoms with Gasteiger partial charge in [-0.05, 0) is 18.1 Å². The van der Waals surface area contributed by atoms with E-state index < -0.39 is 4.92 Å². The molecule has 0 aliphatic rings. The molecule has 0 spiro atoms. The largest absolute Gasteiger partial charge is 0.295 e. The maximum absolute atomic E-state index is 11.6. The summed E-state index contributed by atoms with van der Waals surface area (Å²) in [6.45, 7) is 2.13. The van der Waals surface area contributed by atoms with Gasteiger partial charge in [0.2, 0.25) is 0 Å². The molecule has 1 rings (SSSR count). The molecule has 0 radical (unpaired) electrons. The van der Waals surface area contributed by atoms with E-state index in [0.717, 1.165) is 25.7 Å². The number of carbonyl (C=O) groups is 1. The van der Waals surface area contributed by atoms with E-state index in [1.807, 2.05) is 0 Å². The average Bonchev–Trinajstić information content (AvgIpc) is 2.41. The lowest BCUT2D eigenvalue weighted by molar-refractivity contribution is -0.384. The number of benzene rings is 1. The van der Waals surface area contributed by atoms with Crippen molar-refractivity contribution in [2.75, 3.05) is 0 Å². The second kappa shape index (κ2) is 8.19. The zero-order valence-corrected chi connectivity index (χ0v) is 11.2. The first-order valence-corrected chi connectivity index (χ1v) is 6.59. The highest BCUT2D eigenvalue weighted by atomic mass is 16.6. The van der Waals surface area contributed by atoms with Gasteiger partial charge in [0.15, 0.2) is 5.78 Å². The minimum absolute atomic E-state index is 0.0394. The van der Waals surface area contributed by atoms with E-state index in [4.69, 9.17) is 0 Å². The van der Waals surface area contributed by atoms with Crippen LogP contribution in [0.25, 0.3) is 6.08 Å². The lowest BCUT2D eigenvalue weighted by atomic mass is 10.1. The fraction of sp³-hybridized carbons (Fsp3) is 0.400. The fourth-order valence-electron chi connectivity index (χ4n) is 1.74. The van der Waals surface area contributed by atoms with E-state index in [1.165, 1.54) is 18.2 Å². The third-order valence-corrected chi connectivity index (χ3v) is 2.82. The Bertz CT molecular complexity index is 466. The Balaban J connectivity index is 2.49. The van der Waals surface area contributed by atoms with Gasteiger partial charge in [0, 0.05) is 18.6 Å². The third-order valence-electron chi connectivity index (χ3n) is 2.82. The number of hydrogen-bond donors (Lipinski definition) is 0. The quantitative estimate of drug-likeness (QED) is 0.306. The van der Waals surface area contributed by atoms with Crippen LogP contribution < -0.4 is 0 Å². The standard InChI is InChI=1S/C15H19NO3/c1-2-3-4-5-9-15(17)11-10-13-7-6-8-14(12-13)16(18)19/h6-8,10-12H,2-5,9H2,1H3/b11-10+. The number of nitro groups is 1. The number of rotatable bonds is 8. The predicted molar refractivity (Wildman–Crippen MR) is 75.9 cm³/mol. The van der Waals surface area contributed by atoms with Crippen molar-refractivity contribution >= 4 is 17.5 Å². The lowest BCUT2D eigenvalue weighted by Gasteiger charge is -1.96. The summed E-state index contributed by atoms with van der Waals surface area (Å²) >= 11 is 0. The van der Waals surface area contributed by atoms with E-state index >= 15 is 0 Å². The van der Waals surface area contributed by atoms with E-state index in [0.29, 0.717) is 12.0 Å². The van der Waals surface area contributed by atoms with Crippen LogP contribution in [0.2, 0.25) is 0 Å². The van der Waals surface area contributed by atoms with Gasteiger partial charge in [-0.1, -0.05) is 44.4 Å². The monoisotopic (exact) mass is 261 g/mol. The number of allylic oxidation sites excluding steroid dienone is 1. The predicted octanol–water partition coefficient (Wildman–Crippen LogP) is 4.15. The molecule has 0 aliphatic heterocycles. The minimum atomic E-state index is -0.441. The Morgan fingerprint density at radius 1 is 1.32 bits per heavy atom. The van der Waals surface area contributed by atoms with Crippen LogP contribution >= 0.6 is 0 Å². The molecule has 0 atom stereocenters. The minimum Gasteiger partial charge on any atom is -0.295 e. The van der Waals surface area contributed by atoms with Crippen molar-refractivity contribution in [1.82, 2.24) is 0 Å². The van der Waals surface area contributed by atoms with Gasteiger partial charge in [-0.3, -0.25) is 14.9 Å². The van der Waals surface area contributed by atoms with Crippen LogP contribution in [0.1, 0.15) is 44.6 Å². The van der Waals surface area contributed by atoms with Gasteiger partial charge in [0.1, 0.15) is 0 Å². The van der Waals surface area contributed by atoms with E-state index in [-0.39, 0.29) is 11.5 Å². The van der Waals surface area contributed by atoms with Crippen LogP contribution in [0.3, 0.4) is 0 Å². The summed E-state index contributed by atoms with van der Waals surface area (Å²) in [5.74, 6) is 0.0719. The van der Waals surface area contributed by atoms with Gasteiger partial charge in [-0.2, -0.15) is 0 Å². The SMILES string of the molecule is CCCCCCC(=O)/C=C/c1cccc([N+](=O)[O-])c1. The highest BCUT2D eigenvalue weighted by Gasteiger charge is 2.04. The van der Waals surface area contributed by atoms with E-state index in [9.17, 15) is 14.9 Å². The number of unbranched alkanes of at least 4 members (excludes halogenated alkanes) is 3. The third kappa shape index (κ3) is 5.95. The van der Waals surface area contributed by atoms with Crippen LogP contribution in [0, 0.1) is 10.1 Å². The van der Waals surface area contributed by atoms with Crippen molar-refractivity contribution in [1.29, 1.82) is 0 Å². The summed E-state index contributed by atoms with van der Waals surface area (Å²) in [6, 6.07) is 6.25. The van der Waals surface area contributed by atoms with Gasteiger partial charge < -0.3 is 0 Å². The first-order chi connectivity index (χ1) is 9.13. The van der Waals surface area contributed by atoms with Crippen molar-refractivity contribution in [2.45, 2.75) is 39.0 Å². The first-order valence-electron chi connectivity index (χ1n) is 6.59. The Morgan fingerprint density at radius 2 is 2.11 bits per heavy atom. The number of ketones is 1. The van der Waals surface area contributed by atoms with Crippen molar-refractivity contribution in [2.24, 2.45) is 0 Å². The molecule has 0 amide bonds. The maximum Gasteiger partial charge on any atom is 0.270 e. The maximum atomic E-state index is 11.6. The zero-order valence-electron chi connectivity index (χ0n) is 11.2. The Morgan fingerprint density at radius 3 is 2.79 bits per heavy atom. The summed E-state index contributed by atoms with van der Waals surface area (Å²) < 4.78 is 0. The highest BCUT2D eigenvalue weighted by Crippen LogP contribution is 2.14.